The van der Waals surface area contributed by atoms with Crippen LogP contribution in [0.25, 0.3) is 0 Å². The average Bonchev–Trinajstić information content (AvgIpc) is 2.41. The Labute approximate surface area is 133 Å². The van der Waals surface area contributed by atoms with Crippen LogP contribution in [-0.4, -0.2) is 19.1 Å². The molecule has 114 valence electrons. The van der Waals surface area contributed by atoms with Gasteiger partial charge in [-0.05, 0) is 57.9 Å². The third-order valence-electron chi connectivity index (χ3n) is 3.57. The van der Waals surface area contributed by atoms with Gasteiger partial charge in [-0.2, -0.15) is 0 Å². The molecule has 20 heavy (non-hydrogen) atoms. The highest BCUT2D eigenvalue weighted by Gasteiger charge is 2.13. The first-order valence-corrected chi connectivity index (χ1v) is 8.60. The number of benzene rings is 1. The van der Waals surface area contributed by atoms with Gasteiger partial charge in [-0.15, -0.1) is 0 Å². The largest absolute Gasteiger partial charge is 0.369 e. The SMILES string of the molecule is CCCNC(C)c1ccc(N(CCC)C(C)C)cc1Br. The van der Waals surface area contributed by atoms with Crippen molar-refractivity contribution in [1.82, 2.24) is 5.32 Å². The molecule has 0 amide bonds. The molecule has 0 aliphatic carbocycles. The van der Waals surface area contributed by atoms with Crippen molar-refractivity contribution in [1.29, 1.82) is 0 Å². The van der Waals surface area contributed by atoms with Crippen LogP contribution in [0.15, 0.2) is 22.7 Å². The smallest absolute Gasteiger partial charge is 0.0380 e. The van der Waals surface area contributed by atoms with Gasteiger partial charge >= 0.3 is 0 Å². The van der Waals surface area contributed by atoms with E-state index < -0.39 is 0 Å². The van der Waals surface area contributed by atoms with Crippen molar-refractivity contribution in [3.63, 3.8) is 0 Å². The second-order valence-electron chi connectivity index (χ2n) is 5.67. The van der Waals surface area contributed by atoms with Gasteiger partial charge in [0.05, 0.1) is 0 Å². The van der Waals surface area contributed by atoms with Crippen molar-refractivity contribution in [3.8, 4) is 0 Å². The average molecular weight is 341 g/mol. The van der Waals surface area contributed by atoms with Gasteiger partial charge in [-0.3, -0.25) is 0 Å². The summed E-state index contributed by atoms with van der Waals surface area (Å²) in [6.07, 6.45) is 2.34. The molecule has 0 saturated heterocycles. The fraction of sp³-hybridized carbons (Fsp3) is 0.647. The maximum atomic E-state index is 3.74. The molecule has 0 radical (unpaired) electrons. The normalized spacial score (nSPS) is 12.8. The molecular weight excluding hydrogens is 312 g/mol. The summed E-state index contributed by atoms with van der Waals surface area (Å²) in [5, 5.41) is 3.54. The van der Waals surface area contributed by atoms with Crippen LogP contribution in [0.4, 0.5) is 5.69 Å². The van der Waals surface area contributed by atoms with Gasteiger partial charge in [-0.25, -0.2) is 0 Å². The molecule has 1 rings (SSSR count). The summed E-state index contributed by atoms with van der Waals surface area (Å²) in [5.41, 5.74) is 2.64. The third-order valence-corrected chi connectivity index (χ3v) is 4.26. The van der Waals surface area contributed by atoms with Gasteiger partial charge in [0.2, 0.25) is 0 Å². The van der Waals surface area contributed by atoms with Crippen LogP contribution in [0.5, 0.6) is 0 Å². The molecule has 0 fully saturated rings. The Morgan fingerprint density at radius 1 is 1.15 bits per heavy atom. The van der Waals surface area contributed by atoms with Crippen LogP contribution < -0.4 is 10.2 Å². The Bertz CT molecular complexity index is 404. The van der Waals surface area contributed by atoms with E-state index in [0.717, 1.165) is 19.5 Å². The highest BCUT2D eigenvalue weighted by Crippen LogP contribution is 2.29. The first kappa shape index (κ1) is 17.5. The predicted molar refractivity (Wildman–Crippen MR) is 93.6 cm³/mol. The number of hydrogen-bond acceptors (Lipinski definition) is 2. The number of hydrogen-bond donors (Lipinski definition) is 1. The summed E-state index contributed by atoms with van der Waals surface area (Å²) in [6.45, 7) is 13.3. The summed E-state index contributed by atoms with van der Waals surface area (Å²) >= 11 is 3.74. The minimum atomic E-state index is 0.386. The molecular formula is C17H29BrN2. The van der Waals surface area contributed by atoms with Gasteiger partial charge in [0.25, 0.3) is 0 Å². The van der Waals surface area contributed by atoms with Crippen molar-refractivity contribution in [2.45, 2.75) is 59.5 Å². The Morgan fingerprint density at radius 2 is 1.85 bits per heavy atom. The van der Waals surface area contributed by atoms with E-state index in [0.29, 0.717) is 12.1 Å². The fourth-order valence-corrected chi connectivity index (χ4v) is 3.15. The standard InChI is InChI=1S/C17H29BrN2/c1-6-10-19-14(5)16-9-8-15(12-17(16)18)20(11-7-2)13(3)4/h8-9,12-14,19H,6-7,10-11H2,1-5H3. The molecule has 1 unspecified atom stereocenters. The maximum Gasteiger partial charge on any atom is 0.0380 e. The van der Waals surface area contributed by atoms with Crippen LogP contribution in [0.3, 0.4) is 0 Å². The van der Waals surface area contributed by atoms with E-state index in [4.69, 9.17) is 0 Å². The fourth-order valence-electron chi connectivity index (χ4n) is 2.44. The van der Waals surface area contributed by atoms with E-state index in [9.17, 15) is 0 Å². The lowest BCUT2D eigenvalue weighted by atomic mass is 10.1. The molecule has 2 nitrogen and oxygen atoms in total. The van der Waals surface area contributed by atoms with E-state index in [2.05, 4.69) is 79.0 Å². The maximum absolute atomic E-state index is 3.74. The molecule has 0 spiro atoms. The van der Waals surface area contributed by atoms with Crippen molar-refractivity contribution < 1.29 is 0 Å². The van der Waals surface area contributed by atoms with Gasteiger partial charge in [0.1, 0.15) is 0 Å². The summed E-state index contributed by atoms with van der Waals surface area (Å²) in [5.74, 6) is 0. The number of nitrogens with one attached hydrogen (secondary N) is 1. The molecule has 1 N–H and O–H groups in total. The van der Waals surface area contributed by atoms with E-state index >= 15 is 0 Å². The van der Waals surface area contributed by atoms with Crippen LogP contribution in [0.2, 0.25) is 0 Å². The van der Waals surface area contributed by atoms with Gasteiger partial charge in [0.15, 0.2) is 0 Å². The zero-order valence-electron chi connectivity index (χ0n) is 13.5. The van der Waals surface area contributed by atoms with E-state index in [1.54, 1.807) is 0 Å². The summed E-state index contributed by atoms with van der Waals surface area (Å²) in [6, 6.07) is 7.67. The quantitative estimate of drug-likeness (QED) is 0.705. The molecule has 0 heterocycles. The molecule has 0 saturated carbocycles. The van der Waals surface area contributed by atoms with Crippen LogP contribution in [-0.2, 0) is 0 Å². The molecule has 0 aromatic heterocycles. The van der Waals surface area contributed by atoms with Gasteiger partial charge in [-0.1, -0.05) is 35.8 Å². The monoisotopic (exact) mass is 340 g/mol. The predicted octanol–water partition coefficient (Wildman–Crippen LogP) is 5.13. The van der Waals surface area contributed by atoms with Crippen molar-refractivity contribution >= 4 is 21.6 Å². The number of anilines is 1. The Balaban J connectivity index is 2.91. The minimum Gasteiger partial charge on any atom is -0.369 e. The Kier molecular flexibility index (Phi) is 7.60. The van der Waals surface area contributed by atoms with Crippen LogP contribution >= 0.6 is 15.9 Å². The first-order chi connectivity index (χ1) is 9.51. The number of nitrogens with zero attached hydrogens (tertiary/aromatic N) is 1. The molecule has 0 aliphatic rings. The van der Waals surface area contributed by atoms with Crippen molar-refractivity contribution in [2.75, 3.05) is 18.0 Å². The highest BCUT2D eigenvalue weighted by molar-refractivity contribution is 9.10. The summed E-state index contributed by atoms with van der Waals surface area (Å²) < 4.78 is 1.20. The van der Waals surface area contributed by atoms with Gasteiger partial charge < -0.3 is 10.2 Å². The molecule has 1 atom stereocenters. The minimum absolute atomic E-state index is 0.386. The molecule has 1 aromatic rings. The summed E-state index contributed by atoms with van der Waals surface area (Å²) in [7, 11) is 0. The van der Waals surface area contributed by atoms with Crippen molar-refractivity contribution in [3.05, 3.63) is 28.2 Å². The molecule has 0 bridgehead atoms. The summed E-state index contributed by atoms with van der Waals surface area (Å²) in [4.78, 5) is 2.46. The Morgan fingerprint density at radius 3 is 2.35 bits per heavy atom. The zero-order valence-corrected chi connectivity index (χ0v) is 15.1. The second-order valence-corrected chi connectivity index (χ2v) is 6.52. The molecule has 0 aliphatic heterocycles. The van der Waals surface area contributed by atoms with Crippen LogP contribution in [0.1, 0.15) is 59.1 Å². The topological polar surface area (TPSA) is 15.3 Å². The zero-order chi connectivity index (χ0) is 15.1. The molecule has 1 aromatic carbocycles. The number of halogens is 1. The Hall–Kier alpha value is -0.540. The number of rotatable bonds is 8. The first-order valence-electron chi connectivity index (χ1n) is 7.80. The van der Waals surface area contributed by atoms with E-state index in [1.807, 2.05) is 0 Å². The second kappa shape index (κ2) is 8.68. The van der Waals surface area contributed by atoms with Gasteiger partial charge in [0, 0.05) is 28.8 Å². The lowest BCUT2D eigenvalue weighted by Gasteiger charge is -2.29. The van der Waals surface area contributed by atoms with Crippen molar-refractivity contribution in [2.24, 2.45) is 0 Å². The van der Waals surface area contributed by atoms with E-state index in [-0.39, 0.29) is 0 Å². The third kappa shape index (κ3) is 4.78. The highest BCUT2D eigenvalue weighted by atomic mass is 79.9. The molecule has 3 heteroatoms. The lowest BCUT2D eigenvalue weighted by molar-refractivity contribution is 0.569. The lowest BCUT2D eigenvalue weighted by Crippen LogP contribution is -2.31. The van der Waals surface area contributed by atoms with Crippen LogP contribution in [0, 0.1) is 0 Å². The van der Waals surface area contributed by atoms with E-state index in [1.165, 1.54) is 22.1 Å².